The maximum atomic E-state index is 13.6. The van der Waals surface area contributed by atoms with Gasteiger partial charge in [0.25, 0.3) is 11.8 Å². The molecule has 0 saturated heterocycles. The predicted octanol–water partition coefficient (Wildman–Crippen LogP) is 4.33. The van der Waals surface area contributed by atoms with Gasteiger partial charge in [-0.25, -0.2) is 18.8 Å². The lowest BCUT2D eigenvalue weighted by Crippen LogP contribution is -2.15. The summed E-state index contributed by atoms with van der Waals surface area (Å²) >= 11 is 0. The molecule has 2 heterocycles. The normalized spacial score (nSPS) is 12.1. The zero-order chi connectivity index (χ0) is 21.4. The van der Waals surface area contributed by atoms with E-state index in [9.17, 15) is 13.6 Å². The highest BCUT2D eigenvalue weighted by Gasteiger charge is 2.14. The highest BCUT2D eigenvalue weighted by Crippen LogP contribution is 2.15. The van der Waals surface area contributed by atoms with Crippen LogP contribution >= 0.6 is 0 Å². The van der Waals surface area contributed by atoms with Crippen LogP contribution in [0.1, 0.15) is 34.8 Å². The zero-order valence-corrected chi connectivity index (χ0v) is 15.9. The molecule has 2 rings (SSSR count). The van der Waals surface area contributed by atoms with E-state index in [1.54, 1.807) is 12.1 Å². The number of allylic oxidation sites excluding steroid dienone is 2. The molecule has 7 nitrogen and oxygen atoms in total. The minimum Gasteiger partial charge on any atom is -0.333 e. The van der Waals surface area contributed by atoms with Crippen LogP contribution in [0.2, 0.25) is 0 Å². The van der Waals surface area contributed by atoms with E-state index in [2.05, 4.69) is 38.7 Å². The largest absolute Gasteiger partial charge is 0.333 e. The van der Waals surface area contributed by atoms with Gasteiger partial charge in [0.1, 0.15) is 11.6 Å². The molecule has 0 aliphatic rings. The van der Waals surface area contributed by atoms with Gasteiger partial charge in [0.05, 0.1) is 17.5 Å². The number of carbonyl (C=O) groups is 1. The lowest BCUT2D eigenvalue weighted by atomic mass is 10.1. The fraction of sp³-hybridized carbons (Fsp3) is 0.150. The van der Waals surface area contributed by atoms with Crippen LogP contribution in [-0.2, 0) is 4.84 Å². The number of hydrogen-bond donors (Lipinski definition) is 1. The van der Waals surface area contributed by atoms with E-state index in [1.165, 1.54) is 19.3 Å². The summed E-state index contributed by atoms with van der Waals surface area (Å²) in [6.45, 7) is 9.81. The molecule has 0 radical (unpaired) electrons. The fourth-order valence-corrected chi connectivity index (χ4v) is 2.21. The smallest absolute Gasteiger partial charge is 0.284 e. The van der Waals surface area contributed by atoms with E-state index < -0.39 is 23.4 Å². The van der Waals surface area contributed by atoms with Crippen LogP contribution in [0.25, 0.3) is 0 Å². The Balaban J connectivity index is 2.16. The van der Waals surface area contributed by atoms with Crippen molar-refractivity contribution >= 4 is 24.2 Å². The third-order valence-electron chi connectivity index (χ3n) is 3.84. The molecular weight excluding hydrogens is 380 g/mol. The van der Waals surface area contributed by atoms with Crippen molar-refractivity contribution in [2.45, 2.75) is 20.3 Å². The molecule has 2 aromatic heterocycles. The number of nitrogens with one attached hydrogen (secondary N) is 1. The molecule has 0 aromatic carbocycles. The quantitative estimate of drug-likeness (QED) is 0.310. The molecular formula is C20H19F2N5O2. The fourth-order valence-electron chi connectivity index (χ4n) is 2.21. The summed E-state index contributed by atoms with van der Waals surface area (Å²) in [5.41, 5.74) is 1.37. The first-order valence-electron chi connectivity index (χ1n) is 8.51. The summed E-state index contributed by atoms with van der Waals surface area (Å²) in [6.07, 6.45) is 5.17. The lowest BCUT2D eigenvalue weighted by Gasteiger charge is -2.08. The number of aliphatic imine (C=N–C) groups is 1. The Morgan fingerprint density at radius 2 is 2.10 bits per heavy atom. The standard InChI is InChI=1S/C20H19F2N5O2/c1-5-15(21)20(23-4)29-27-17(6-2)13-7-8-18(25-9-13)26-19(28)14-10-24-11-16(22)12(14)3/h5,7-11H,1,4,6H2,2-3H3,(H,25,26,28)/b20-15-,27-17+. The first kappa shape index (κ1) is 21.5. The number of rotatable bonds is 8. The first-order valence-corrected chi connectivity index (χ1v) is 8.51. The Labute approximate surface area is 166 Å². The monoisotopic (exact) mass is 399 g/mol. The van der Waals surface area contributed by atoms with Crippen molar-refractivity contribution in [1.82, 2.24) is 9.97 Å². The van der Waals surface area contributed by atoms with Gasteiger partial charge in [-0.2, -0.15) is 0 Å². The molecule has 29 heavy (non-hydrogen) atoms. The number of nitrogens with zero attached hydrogens (tertiary/aromatic N) is 4. The van der Waals surface area contributed by atoms with Crippen LogP contribution in [0.15, 0.2) is 65.2 Å². The Bertz CT molecular complexity index is 985. The van der Waals surface area contributed by atoms with Crippen LogP contribution < -0.4 is 5.32 Å². The number of pyridine rings is 2. The first-order chi connectivity index (χ1) is 13.9. The third kappa shape index (κ3) is 5.38. The third-order valence-corrected chi connectivity index (χ3v) is 3.84. The van der Waals surface area contributed by atoms with Gasteiger partial charge in [0.2, 0.25) is 0 Å². The van der Waals surface area contributed by atoms with E-state index in [-0.39, 0.29) is 16.9 Å². The Morgan fingerprint density at radius 3 is 2.69 bits per heavy atom. The molecule has 0 aliphatic heterocycles. The summed E-state index contributed by atoms with van der Waals surface area (Å²) in [4.78, 5) is 28.5. The summed E-state index contributed by atoms with van der Waals surface area (Å²) in [5, 5.41) is 6.45. The van der Waals surface area contributed by atoms with Crippen LogP contribution in [0.4, 0.5) is 14.6 Å². The van der Waals surface area contributed by atoms with Crippen molar-refractivity contribution in [3.8, 4) is 0 Å². The van der Waals surface area contributed by atoms with Crippen molar-refractivity contribution in [2.24, 2.45) is 10.1 Å². The highest BCUT2D eigenvalue weighted by atomic mass is 19.1. The molecule has 0 unspecified atom stereocenters. The van der Waals surface area contributed by atoms with Gasteiger partial charge in [0, 0.05) is 23.5 Å². The lowest BCUT2D eigenvalue weighted by molar-refractivity contribution is 0.102. The van der Waals surface area contributed by atoms with Gasteiger partial charge >= 0.3 is 0 Å². The van der Waals surface area contributed by atoms with Crippen LogP contribution in [0.3, 0.4) is 0 Å². The Hall–Kier alpha value is -3.75. The Morgan fingerprint density at radius 1 is 1.34 bits per heavy atom. The minimum atomic E-state index is -0.794. The highest BCUT2D eigenvalue weighted by molar-refractivity contribution is 6.05. The number of anilines is 1. The number of halogens is 2. The van der Waals surface area contributed by atoms with Crippen LogP contribution in [0, 0.1) is 12.7 Å². The molecule has 0 saturated carbocycles. The summed E-state index contributed by atoms with van der Waals surface area (Å²) < 4.78 is 27.0. The molecule has 2 aromatic rings. The molecule has 0 fully saturated rings. The van der Waals surface area contributed by atoms with Gasteiger partial charge in [-0.05, 0) is 38.3 Å². The van der Waals surface area contributed by atoms with E-state index in [1.807, 2.05) is 6.92 Å². The van der Waals surface area contributed by atoms with Crippen molar-refractivity contribution in [3.63, 3.8) is 0 Å². The summed E-state index contributed by atoms with van der Waals surface area (Å²) in [7, 11) is 0. The predicted molar refractivity (Wildman–Crippen MR) is 107 cm³/mol. The molecule has 0 spiro atoms. The van der Waals surface area contributed by atoms with Gasteiger partial charge in [-0.3, -0.25) is 9.78 Å². The SMILES string of the molecule is C=C/C(F)=C(\N=C)O/N=C(\CC)c1ccc(NC(=O)c2cncc(F)c2C)nc1. The molecule has 1 amide bonds. The zero-order valence-electron chi connectivity index (χ0n) is 15.9. The molecule has 150 valence electrons. The van der Waals surface area contributed by atoms with E-state index >= 15 is 0 Å². The molecule has 0 aliphatic carbocycles. The second kappa shape index (κ2) is 9.98. The van der Waals surface area contributed by atoms with Crippen molar-refractivity contribution in [3.05, 3.63) is 77.6 Å². The molecule has 9 heteroatoms. The van der Waals surface area contributed by atoms with Gasteiger partial charge in [0.15, 0.2) is 5.83 Å². The van der Waals surface area contributed by atoms with Crippen LogP contribution in [-0.4, -0.2) is 28.3 Å². The average molecular weight is 399 g/mol. The Kier molecular flexibility index (Phi) is 7.41. The maximum absolute atomic E-state index is 13.6. The van der Waals surface area contributed by atoms with Gasteiger partial charge < -0.3 is 10.2 Å². The van der Waals surface area contributed by atoms with Crippen molar-refractivity contribution in [2.75, 3.05) is 5.32 Å². The molecule has 0 atom stereocenters. The van der Waals surface area contributed by atoms with Gasteiger partial charge in [-0.15, -0.1) is 0 Å². The summed E-state index contributed by atoms with van der Waals surface area (Å²) in [6, 6.07) is 3.20. The van der Waals surface area contributed by atoms with Crippen molar-refractivity contribution < 1.29 is 18.4 Å². The van der Waals surface area contributed by atoms with Crippen molar-refractivity contribution in [1.29, 1.82) is 0 Å². The average Bonchev–Trinajstić information content (AvgIpc) is 2.73. The number of hydrogen-bond acceptors (Lipinski definition) is 6. The second-order valence-corrected chi connectivity index (χ2v) is 5.68. The second-order valence-electron chi connectivity index (χ2n) is 5.68. The van der Waals surface area contributed by atoms with Crippen LogP contribution in [0.5, 0.6) is 0 Å². The topological polar surface area (TPSA) is 88.8 Å². The van der Waals surface area contributed by atoms with E-state index in [0.717, 1.165) is 12.3 Å². The number of carbonyl (C=O) groups excluding carboxylic acids is 1. The molecule has 0 bridgehead atoms. The number of oxime groups is 1. The van der Waals surface area contributed by atoms with E-state index in [4.69, 9.17) is 4.84 Å². The summed E-state index contributed by atoms with van der Waals surface area (Å²) in [5.74, 6) is -2.04. The minimum absolute atomic E-state index is 0.112. The molecule has 1 N–H and O–H groups in total. The number of amides is 1. The number of aromatic nitrogens is 2. The van der Waals surface area contributed by atoms with Gasteiger partial charge in [-0.1, -0.05) is 18.7 Å². The van der Waals surface area contributed by atoms with E-state index in [0.29, 0.717) is 17.7 Å². The maximum Gasteiger partial charge on any atom is 0.284 e.